The molecule has 0 amide bonds. The van der Waals surface area contributed by atoms with E-state index in [1.807, 2.05) is 0 Å². The molecule has 0 saturated heterocycles. The van der Waals surface area contributed by atoms with Gasteiger partial charge < -0.3 is 10.2 Å². The third-order valence-electron chi connectivity index (χ3n) is 3.29. The van der Waals surface area contributed by atoms with Gasteiger partial charge in [-0.2, -0.15) is 0 Å². The van der Waals surface area contributed by atoms with Crippen molar-refractivity contribution in [3.05, 3.63) is 53.6 Å². The molecule has 0 aliphatic carbocycles. The monoisotopic (exact) mass is 334 g/mol. The molecule has 0 aliphatic heterocycles. The third kappa shape index (κ3) is 3.95. The highest BCUT2D eigenvalue weighted by Gasteiger charge is 2.14. The molecule has 0 aliphatic rings. The summed E-state index contributed by atoms with van der Waals surface area (Å²) in [7, 11) is -3.30. The molecule has 0 aromatic heterocycles. The van der Waals surface area contributed by atoms with Gasteiger partial charge in [-0.15, -0.1) is 0 Å². The molecule has 0 unspecified atom stereocenters. The molecule has 0 atom stereocenters. The zero-order chi connectivity index (χ0) is 17.2. The van der Waals surface area contributed by atoms with Crippen molar-refractivity contribution < 1.29 is 28.2 Å². The van der Waals surface area contributed by atoms with Crippen LogP contribution in [0.25, 0.3) is 11.1 Å². The van der Waals surface area contributed by atoms with Crippen LogP contribution in [-0.4, -0.2) is 36.8 Å². The van der Waals surface area contributed by atoms with Crippen LogP contribution in [0.4, 0.5) is 0 Å². The SMILES string of the molecule is CS(=O)(=O)c1ccc(-c2ccc(C(=O)O)c(CC(=O)O)c2)cc1. The molecule has 23 heavy (non-hydrogen) atoms. The van der Waals surface area contributed by atoms with E-state index < -0.39 is 28.2 Å². The standard InChI is InChI=1S/C16H14O6S/c1-23(21,22)13-5-2-10(3-6-13)11-4-7-14(16(19)20)12(8-11)9-15(17)18/h2-8H,9H2,1H3,(H,17,18)(H,19,20). The van der Waals surface area contributed by atoms with Crippen LogP contribution in [-0.2, 0) is 21.1 Å². The van der Waals surface area contributed by atoms with E-state index in [4.69, 9.17) is 10.2 Å². The van der Waals surface area contributed by atoms with Crippen molar-refractivity contribution in [1.82, 2.24) is 0 Å². The Morgan fingerprint density at radius 1 is 0.957 bits per heavy atom. The van der Waals surface area contributed by atoms with Crippen LogP contribution in [0, 0.1) is 0 Å². The normalized spacial score (nSPS) is 11.2. The van der Waals surface area contributed by atoms with E-state index in [9.17, 15) is 18.0 Å². The first-order valence-electron chi connectivity index (χ1n) is 6.57. The van der Waals surface area contributed by atoms with Gasteiger partial charge in [0.05, 0.1) is 16.9 Å². The minimum atomic E-state index is -3.30. The number of carboxylic acids is 2. The van der Waals surface area contributed by atoms with E-state index in [-0.39, 0.29) is 16.0 Å². The molecular formula is C16H14O6S. The Balaban J connectivity index is 2.47. The molecule has 0 fully saturated rings. The van der Waals surface area contributed by atoms with Gasteiger partial charge in [-0.1, -0.05) is 18.2 Å². The van der Waals surface area contributed by atoms with Gasteiger partial charge in [0.2, 0.25) is 0 Å². The number of sulfone groups is 1. The molecule has 2 aromatic carbocycles. The first-order valence-corrected chi connectivity index (χ1v) is 8.46. The maximum absolute atomic E-state index is 11.4. The summed E-state index contributed by atoms with van der Waals surface area (Å²) in [6, 6.07) is 10.5. The Morgan fingerprint density at radius 2 is 1.52 bits per heavy atom. The second kappa shape index (κ2) is 6.21. The van der Waals surface area contributed by atoms with Crippen molar-refractivity contribution in [2.45, 2.75) is 11.3 Å². The van der Waals surface area contributed by atoms with Crippen LogP contribution in [0.2, 0.25) is 0 Å². The molecule has 2 aromatic rings. The molecular weight excluding hydrogens is 320 g/mol. The second-order valence-corrected chi connectivity index (χ2v) is 7.06. The van der Waals surface area contributed by atoms with E-state index in [0.717, 1.165) is 6.26 Å². The highest BCUT2D eigenvalue weighted by atomic mass is 32.2. The lowest BCUT2D eigenvalue weighted by atomic mass is 9.97. The summed E-state index contributed by atoms with van der Waals surface area (Å²) in [4.78, 5) is 22.2. The lowest BCUT2D eigenvalue weighted by Crippen LogP contribution is -2.08. The highest BCUT2D eigenvalue weighted by molar-refractivity contribution is 7.90. The number of carboxylic acid groups (broad SMARTS) is 2. The van der Waals surface area contributed by atoms with E-state index in [2.05, 4.69) is 0 Å². The number of carbonyl (C=O) groups is 2. The van der Waals surface area contributed by atoms with Crippen LogP contribution in [0.1, 0.15) is 15.9 Å². The van der Waals surface area contributed by atoms with Gasteiger partial charge in [0.25, 0.3) is 0 Å². The first-order chi connectivity index (χ1) is 10.7. The van der Waals surface area contributed by atoms with Crippen LogP contribution >= 0.6 is 0 Å². The quantitative estimate of drug-likeness (QED) is 0.866. The number of hydrogen-bond donors (Lipinski definition) is 2. The van der Waals surface area contributed by atoms with E-state index >= 15 is 0 Å². The number of aliphatic carboxylic acids is 1. The highest BCUT2D eigenvalue weighted by Crippen LogP contribution is 2.24. The molecule has 0 heterocycles. The summed E-state index contributed by atoms with van der Waals surface area (Å²) < 4.78 is 22.9. The smallest absolute Gasteiger partial charge is 0.335 e. The molecule has 6 nitrogen and oxygen atoms in total. The largest absolute Gasteiger partial charge is 0.481 e. The van der Waals surface area contributed by atoms with Crippen molar-refractivity contribution in [3.8, 4) is 11.1 Å². The Labute approximate surface area is 132 Å². The minimum absolute atomic E-state index is 0.0658. The molecule has 0 bridgehead atoms. The predicted molar refractivity (Wildman–Crippen MR) is 83.3 cm³/mol. The summed E-state index contributed by atoms with van der Waals surface area (Å²) in [6.07, 6.45) is 0.700. The Bertz CT molecular complexity index is 866. The van der Waals surface area contributed by atoms with Crippen LogP contribution in [0.5, 0.6) is 0 Å². The number of aromatic carboxylic acids is 1. The van der Waals surface area contributed by atoms with Gasteiger partial charge in [0.1, 0.15) is 0 Å². The number of benzene rings is 2. The zero-order valence-electron chi connectivity index (χ0n) is 12.2. The molecule has 7 heteroatoms. The fourth-order valence-corrected chi connectivity index (χ4v) is 2.82. The van der Waals surface area contributed by atoms with E-state index in [1.54, 1.807) is 18.2 Å². The second-order valence-electron chi connectivity index (χ2n) is 5.04. The first kappa shape index (κ1) is 16.7. The summed E-state index contributed by atoms with van der Waals surface area (Å²) >= 11 is 0. The van der Waals surface area contributed by atoms with Gasteiger partial charge in [-0.3, -0.25) is 4.79 Å². The lowest BCUT2D eigenvalue weighted by Gasteiger charge is -2.08. The average molecular weight is 334 g/mol. The van der Waals surface area contributed by atoms with Gasteiger partial charge >= 0.3 is 11.9 Å². The molecule has 0 radical (unpaired) electrons. The Morgan fingerprint density at radius 3 is 2.00 bits per heavy atom. The van der Waals surface area contributed by atoms with Crippen molar-refractivity contribution in [3.63, 3.8) is 0 Å². The van der Waals surface area contributed by atoms with Gasteiger partial charge in [-0.05, 0) is 41.0 Å². The van der Waals surface area contributed by atoms with E-state index in [1.165, 1.54) is 24.3 Å². The molecule has 0 spiro atoms. The summed E-state index contributed by atoms with van der Waals surface area (Å²) in [5.41, 5.74) is 1.41. The van der Waals surface area contributed by atoms with E-state index in [0.29, 0.717) is 11.1 Å². The maximum atomic E-state index is 11.4. The molecule has 0 saturated carbocycles. The molecule has 120 valence electrons. The maximum Gasteiger partial charge on any atom is 0.335 e. The summed E-state index contributed by atoms with van der Waals surface area (Å²) in [5, 5.41) is 18.0. The van der Waals surface area contributed by atoms with Crippen molar-refractivity contribution >= 4 is 21.8 Å². The minimum Gasteiger partial charge on any atom is -0.481 e. The molecule has 2 rings (SSSR count). The summed E-state index contributed by atoms with van der Waals surface area (Å²) in [5.74, 6) is -2.32. The topological polar surface area (TPSA) is 109 Å². The van der Waals surface area contributed by atoms with Gasteiger partial charge in [-0.25, -0.2) is 13.2 Å². The van der Waals surface area contributed by atoms with Gasteiger partial charge in [0.15, 0.2) is 9.84 Å². The number of hydrogen-bond acceptors (Lipinski definition) is 4. The Kier molecular flexibility index (Phi) is 4.51. The van der Waals surface area contributed by atoms with Crippen molar-refractivity contribution in [2.75, 3.05) is 6.26 Å². The van der Waals surface area contributed by atoms with Crippen molar-refractivity contribution in [2.24, 2.45) is 0 Å². The fraction of sp³-hybridized carbons (Fsp3) is 0.125. The summed E-state index contributed by atoms with van der Waals surface area (Å²) in [6.45, 7) is 0. The zero-order valence-corrected chi connectivity index (χ0v) is 13.0. The van der Waals surface area contributed by atoms with Crippen LogP contribution in [0.15, 0.2) is 47.4 Å². The Hall–Kier alpha value is -2.67. The third-order valence-corrected chi connectivity index (χ3v) is 4.42. The fourth-order valence-electron chi connectivity index (χ4n) is 2.19. The van der Waals surface area contributed by atoms with Gasteiger partial charge in [0, 0.05) is 6.26 Å². The lowest BCUT2D eigenvalue weighted by molar-refractivity contribution is -0.136. The number of rotatable bonds is 5. The molecule has 2 N–H and O–H groups in total. The predicted octanol–water partition coefficient (Wildman–Crippen LogP) is 2.08. The van der Waals surface area contributed by atoms with Crippen molar-refractivity contribution in [1.29, 1.82) is 0 Å². The van der Waals surface area contributed by atoms with Crippen LogP contribution in [0.3, 0.4) is 0 Å². The van der Waals surface area contributed by atoms with Crippen LogP contribution < -0.4 is 0 Å². The average Bonchev–Trinajstić information content (AvgIpc) is 2.45.